The molecule has 2 aromatic carbocycles. The second kappa shape index (κ2) is 8.32. The third kappa shape index (κ3) is 4.63. The summed E-state index contributed by atoms with van der Waals surface area (Å²) in [5, 5.41) is 13.5. The number of halogens is 1. The van der Waals surface area contributed by atoms with E-state index in [1.165, 1.54) is 16.7 Å². The van der Waals surface area contributed by atoms with Gasteiger partial charge in [0.25, 0.3) is 0 Å². The minimum absolute atomic E-state index is 0.217. The van der Waals surface area contributed by atoms with Gasteiger partial charge in [0, 0.05) is 30.3 Å². The van der Waals surface area contributed by atoms with Gasteiger partial charge in [0.1, 0.15) is 0 Å². The van der Waals surface area contributed by atoms with Gasteiger partial charge in [0.2, 0.25) is 0 Å². The molecule has 144 valence electrons. The predicted octanol–water partition coefficient (Wildman–Crippen LogP) is 5.04. The van der Waals surface area contributed by atoms with Crippen molar-refractivity contribution in [1.82, 2.24) is 4.90 Å². The van der Waals surface area contributed by atoms with Crippen molar-refractivity contribution in [2.24, 2.45) is 5.92 Å². The van der Waals surface area contributed by atoms with Gasteiger partial charge in [-0.25, -0.2) is 0 Å². The van der Waals surface area contributed by atoms with Crippen LogP contribution >= 0.6 is 11.6 Å². The Bertz CT molecular complexity index is 831. The summed E-state index contributed by atoms with van der Waals surface area (Å²) >= 11 is 6.17. The van der Waals surface area contributed by atoms with Crippen LogP contribution in [0.1, 0.15) is 41.6 Å². The summed E-state index contributed by atoms with van der Waals surface area (Å²) < 4.78 is 0. The summed E-state index contributed by atoms with van der Waals surface area (Å²) in [6.07, 6.45) is 0.969. The number of aryl methyl sites for hydroxylation is 2. The molecule has 2 N–H and O–H groups in total. The molecule has 0 spiro atoms. The van der Waals surface area contributed by atoms with Crippen molar-refractivity contribution in [3.05, 3.63) is 63.7 Å². The molecule has 0 saturated carbocycles. The van der Waals surface area contributed by atoms with Crippen LogP contribution in [-0.2, 0) is 11.3 Å². The number of likely N-dealkylation sites (tertiary alicyclic amines) is 1. The van der Waals surface area contributed by atoms with Gasteiger partial charge in [-0.1, -0.05) is 42.8 Å². The number of hydrogen-bond donors (Lipinski definition) is 2. The fraction of sp³-hybridized carbons (Fsp3) is 0.409. The van der Waals surface area contributed by atoms with Crippen LogP contribution in [0.2, 0.25) is 5.02 Å². The van der Waals surface area contributed by atoms with E-state index in [0.29, 0.717) is 13.1 Å². The standard InChI is InChI=1S/C22H27ClN2O2/c1-4-20(17-7-8-19(23)15(3)9-17)24-21-10-16(6-5-14(21)2)11-25-12-18(13-25)22(26)27/h5-10,18,20,24H,4,11-13H2,1-3H3,(H,26,27). The maximum atomic E-state index is 11.0. The molecule has 4 nitrogen and oxygen atoms in total. The molecule has 0 amide bonds. The quantitative estimate of drug-likeness (QED) is 0.700. The van der Waals surface area contributed by atoms with Gasteiger partial charge in [-0.2, -0.15) is 0 Å². The van der Waals surface area contributed by atoms with Gasteiger partial charge in [-0.15, -0.1) is 0 Å². The summed E-state index contributed by atoms with van der Waals surface area (Å²) in [6, 6.07) is 12.9. The summed E-state index contributed by atoms with van der Waals surface area (Å²) in [4.78, 5) is 13.1. The van der Waals surface area contributed by atoms with Gasteiger partial charge >= 0.3 is 5.97 Å². The molecular formula is C22H27ClN2O2. The van der Waals surface area contributed by atoms with Crippen LogP contribution in [0.25, 0.3) is 0 Å². The number of nitrogens with zero attached hydrogens (tertiary/aromatic N) is 1. The second-order valence-corrected chi connectivity index (χ2v) is 7.90. The molecule has 2 aromatic rings. The van der Waals surface area contributed by atoms with Gasteiger partial charge < -0.3 is 10.4 Å². The Hall–Kier alpha value is -2.04. The minimum Gasteiger partial charge on any atom is -0.481 e. The summed E-state index contributed by atoms with van der Waals surface area (Å²) in [7, 11) is 0. The van der Waals surface area contributed by atoms with Crippen LogP contribution in [0.5, 0.6) is 0 Å². The van der Waals surface area contributed by atoms with Gasteiger partial charge in [-0.05, 0) is 54.7 Å². The summed E-state index contributed by atoms with van der Waals surface area (Å²) in [6.45, 7) is 8.36. The number of carboxylic acid groups (broad SMARTS) is 1. The predicted molar refractivity (Wildman–Crippen MR) is 110 cm³/mol. The van der Waals surface area contributed by atoms with E-state index < -0.39 is 5.97 Å². The van der Waals surface area contributed by atoms with E-state index in [2.05, 4.69) is 54.4 Å². The van der Waals surface area contributed by atoms with Gasteiger partial charge in [0.15, 0.2) is 0 Å². The SMILES string of the molecule is CCC(Nc1cc(CN2CC(C(=O)O)C2)ccc1C)c1ccc(Cl)c(C)c1. The maximum absolute atomic E-state index is 11.0. The summed E-state index contributed by atoms with van der Waals surface area (Å²) in [5.74, 6) is -0.910. The largest absolute Gasteiger partial charge is 0.481 e. The third-order valence-corrected chi connectivity index (χ3v) is 5.76. The Labute approximate surface area is 166 Å². The highest BCUT2D eigenvalue weighted by molar-refractivity contribution is 6.31. The molecule has 0 bridgehead atoms. The molecular weight excluding hydrogens is 360 g/mol. The van der Waals surface area contributed by atoms with Crippen molar-refractivity contribution < 1.29 is 9.90 Å². The van der Waals surface area contributed by atoms with Crippen molar-refractivity contribution >= 4 is 23.3 Å². The Morgan fingerprint density at radius 3 is 2.59 bits per heavy atom. The zero-order valence-corrected chi connectivity index (χ0v) is 16.9. The number of benzene rings is 2. The molecule has 5 heteroatoms. The molecule has 1 aliphatic heterocycles. The Kier molecular flexibility index (Phi) is 6.08. The van der Waals surface area contributed by atoms with E-state index in [1.807, 2.05) is 13.0 Å². The highest BCUT2D eigenvalue weighted by Gasteiger charge is 2.32. The molecule has 1 atom stereocenters. The van der Waals surface area contributed by atoms with Crippen molar-refractivity contribution in [2.45, 2.75) is 39.8 Å². The van der Waals surface area contributed by atoms with Crippen LogP contribution in [0.15, 0.2) is 36.4 Å². The Morgan fingerprint density at radius 1 is 1.22 bits per heavy atom. The number of rotatable bonds is 7. The van der Waals surface area contributed by atoms with E-state index in [4.69, 9.17) is 16.7 Å². The first kappa shape index (κ1) is 19.7. The molecule has 3 rings (SSSR count). The van der Waals surface area contributed by atoms with Crippen molar-refractivity contribution in [2.75, 3.05) is 18.4 Å². The molecule has 0 aliphatic carbocycles. The fourth-order valence-corrected chi connectivity index (χ4v) is 3.65. The fourth-order valence-electron chi connectivity index (χ4n) is 3.53. The number of nitrogens with one attached hydrogen (secondary N) is 1. The monoisotopic (exact) mass is 386 g/mol. The molecule has 0 radical (unpaired) electrons. The normalized spacial score (nSPS) is 16.0. The molecule has 1 heterocycles. The first-order chi connectivity index (χ1) is 12.9. The zero-order chi connectivity index (χ0) is 19.6. The van der Waals surface area contributed by atoms with E-state index in [9.17, 15) is 4.79 Å². The molecule has 1 fully saturated rings. The lowest BCUT2D eigenvalue weighted by Crippen LogP contribution is -2.49. The van der Waals surface area contributed by atoms with E-state index >= 15 is 0 Å². The zero-order valence-electron chi connectivity index (χ0n) is 16.1. The molecule has 27 heavy (non-hydrogen) atoms. The van der Waals surface area contributed by atoms with E-state index in [1.54, 1.807) is 0 Å². The van der Waals surface area contributed by atoms with Crippen LogP contribution in [0.3, 0.4) is 0 Å². The lowest BCUT2D eigenvalue weighted by Gasteiger charge is -2.36. The first-order valence-electron chi connectivity index (χ1n) is 9.44. The highest BCUT2D eigenvalue weighted by Crippen LogP contribution is 2.29. The number of hydrogen-bond acceptors (Lipinski definition) is 3. The Balaban J connectivity index is 1.71. The molecule has 1 unspecified atom stereocenters. The summed E-state index contributed by atoms with van der Waals surface area (Å²) in [5.41, 5.74) is 5.85. The molecule has 0 aromatic heterocycles. The minimum atomic E-state index is -0.693. The van der Waals surface area contributed by atoms with Crippen LogP contribution in [0.4, 0.5) is 5.69 Å². The second-order valence-electron chi connectivity index (χ2n) is 7.49. The molecule has 1 saturated heterocycles. The number of aliphatic carboxylic acids is 1. The topological polar surface area (TPSA) is 52.6 Å². The lowest BCUT2D eigenvalue weighted by atomic mass is 9.98. The molecule has 1 aliphatic rings. The average Bonchev–Trinajstić information content (AvgIpc) is 2.60. The van der Waals surface area contributed by atoms with Gasteiger partial charge in [0.05, 0.1) is 12.0 Å². The van der Waals surface area contributed by atoms with Gasteiger partial charge in [-0.3, -0.25) is 9.69 Å². The van der Waals surface area contributed by atoms with Crippen molar-refractivity contribution in [1.29, 1.82) is 0 Å². The highest BCUT2D eigenvalue weighted by atomic mass is 35.5. The van der Waals surface area contributed by atoms with Crippen LogP contribution in [-0.4, -0.2) is 29.1 Å². The van der Waals surface area contributed by atoms with Crippen molar-refractivity contribution in [3.63, 3.8) is 0 Å². The van der Waals surface area contributed by atoms with Crippen LogP contribution < -0.4 is 5.32 Å². The van der Waals surface area contributed by atoms with Crippen LogP contribution in [0, 0.1) is 19.8 Å². The number of anilines is 1. The first-order valence-corrected chi connectivity index (χ1v) is 9.82. The number of carbonyl (C=O) groups is 1. The van der Waals surface area contributed by atoms with E-state index in [-0.39, 0.29) is 12.0 Å². The average molecular weight is 387 g/mol. The number of carboxylic acids is 1. The smallest absolute Gasteiger partial charge is 0.309 e. The Morgan fingerprint density at radius 2 is 1.96 bits per heavy atom. The van der Waals surface area contributed by atoms with E-state index in [0.717, 1.165) is 29.2 Å². The maximum Gasteiger partial charge on any atom is 0.309 e. The lowest BCUT2D eigenvalue weighted by molar-refractivity contribution is -0.147. The third-order valence-electron chi connectivity index (χ3n) is 5.34. The van der Waals surface area contributed by atoms with Crippen molar-refractivity contribution in [3.8, 4) is 0 Å².